The predicted octanol–water partition coefficient (Wildman–Crippen LogP) is 10.1. The Kier molecular flexibility index (Phi) is 9.39. The Labute approximate surface area is 279 Å². The SMILES string of the molecule is CCC(C)C12CCCC3(C)CCC4C(C)(C)C(OC(=O)CC(C)(C)C(=O)O)CCC4(C)C3CCC(C3=CC3)C1=C(C(C)C)C(=O)C2. The zero-order valence-electron chi connectivity index (χ0n) is 30.8. The van der Waals surface area contributed by atoms with Crippen LogP contribution in [0.1, 0.15) is 153 Å². The van der Waals surface area contributed by atoms with E-state index in [4.69, 9.17) is 4.74 Å². The molecule has 5 rings (SSSR count). The van der Waals surface area contributed by atoms with Crippen LogP contribution < -0.4 is 0 Å². The van der Waals surface area contributed by atoms with Crippen LogP contribution in [0.2, 0.25) is 0 Å². The van der Waals surface area contributed by atoms with Gasteiger partial charge in [0.15, 0.2) is 5.78 Å². The first kappa shape index (κ1) is 35.4. The van der Waals surface area contributed by atoms with Crippen molar-refractivity contribution < 1.29 is 24.2 Å². The number of Topliss-reactive ketones (excluding diaryl/α,β-unsaturated/α-hetero) is 1. The second-order valence-electron chi connectivity index (χ2n) is 18.5. The van der Waals surface area contributed by atoms with Gasteiger partial charge >= 0.3 is 11.9 Å². The second-order valence-corrected chi connectivity index (χ2v) is 18.5. The van der Waals surface area contributed by atoms with Crippen LogP contribution >= 0.6 is 0 Å². The number of carboxylic acids is 1. The summed E-state index contributed by atoms with van der Waals surface area (Å²) in [7, 11) is 0. The summed E-state index contributed by atoms with van der Waals surface area (Å²) in [6.07, 6.45) is 15.1. The first-order valence-electron chi connectivity index (χ1n) is 18.7. The summed E-state index contributed by atoms with van der Waals surface area (Å²) in [6, 6.07) is 0. The molecular formula is C41H64O5. The van der Waals surface area contributed by atoms with Gasteiger partial charge in [-0.1, -0.05) is 79.9 Å². The summed E-state index contributed by atoms with van der Waals surface area (Å²) in [6.45, 7) is 22.2. The molecule has 0 aromatic carbocycles. The van der Waals surface area contributed by atoms with Gasteiger partial charge in [-0.05, 0) is 117 Å². The lowest BCUT2D eigenvalue weighted by Crippen LogP contribution is -2.59. The molecule has 0 amide bonds. The molecule has 46 heavy (non-hydrogen) atoms. The van der Waals surface area contributed by atoms with Gasteiger partial charge in [-0.15, -0.1) is 0 Å². The normalized spacial score (nSPS) is 38.3. The molecule has 3 fully saturated rings. The van der Waals surface area contributed by atoms with Gasteiger partial charge < -0.3 is 9.84 Å². The highest BCUT2D eigenvalue weighted by Crippen LogP contribution is 2.68. The van der Waals surface area contributed by atoms with Gasteiger partial charge in [-0.2, -0.15) is 0 Å². The van der Waals surface area contributed by atoms with Crippen LogP contribution in [0.15, 0.2) is 22.8 Å². The zero-order valence-corrected chi connectivity index (χ0v) is 30.8. The average molecular weight is 637 g/mol. The monoisotopic (exact) mass is 636 g/mol. The molecule has 0 aromatic rings. The van der Waals surface area contributed by atoms with Gasteiger partial charge in [-0.25, -0.2) is 0 Å². The van der Waals surface area contributed by atoms with Gasteiger partial charge in [0.2, 0.25) is 0 Å². The van der Waals surface area contributed by atoms with Gasteiger partial charge in [0.25, 0.3) is 0 Å². The minimum atomic E-state index is -1.14. The Bertz CT molecular complexity index is 1300. The highest BCUT2D eigenvalue weighted by Gasteiger charge is 2.62. The molecular weight excluding hydrogens is 572 g/mol. The molecule has 0 saturated heterocycles. The number of carboxylic acid groups (broad SMARTS) is 1. The van der Waals surface area contributed by atoms with Crippen molar-refractivity contribution in [2.75, 3.05) is 0 Å². The molecule has 0 heterocycles. The molecule has 8 atom stereocenters. The highest BCUT2D eigenvalue weighted by molar-refractivity contribution is 6.00. The highest BCUT2D eigenvalue weighted by atomic mass is 16.5. The number of hydrogen-bond acceptors (Lipinski definition) is 4. The van der Waals surface area contributed by atoms with E-state index in [0.717, 1.165) is 44.9 Å². The maximum absolute atomic E-state index is 13.9. The first-order chi connectivity index (χ1) is 21.3. The Morgan fingerprint density at radius 2 is 1.65 bits per heavy atom. The maximum Gasteiger partial charge on any atom is 0.309 e. The summed E-state index contributed by atoms with van der Waals surface area (Å²) in [5.41, 5.74) is 3.36. The van der Waals surface area contributed by atoms with Crippen LogP contribution in [-0.4, -0.2) is 28.9 Å². The van der Waals surface area contributed by atoms with E-state index in [0.29, 0.717) is 35.9 Å². The van der Waals surface area contributed by atoms with Gasteiger partial charge in [0.05, 0.1) is 11.8 Å². The number of hydrogen-bond donors (Lipinski definition) is 1. The van der Waals surface area contributed by atoms with Crippen molar-refractivity contribution in [2.45, 2.75) is 159 Å². The van der Waals surface area contributed by atoms with Crippen molar-refractivity contribution in [1.29, 1.82) is 0 Å². The summed E-state index contributed by atoms with van der Waals surface area (Å²) < 4.78 is 6.17. The third-order valence-electron chi connectivity index (χ3n) is 14.6. The average Bonchev–Trinajstić information content (AvgIpc) is 3.74. The summed E-state index contributed by atoms with van der Waals surface area (Å²) >= 11 is 0. The van der Waals surface area contributed by atoms with Crippen molar-refractivity contribution in [3.8, 4) is 0 Å². The number of carbonyl (C=O) groups is 3. The number of allylic oxidation sites excluding steroid dienone is 4. The van der Waals surface area contributed by atoms with Crippen molar-refractivity contribution in [3.05, 3.63) is 22.8 Å². The number of rotatable bonds is 8. The first-order valence-corrected chi connectivity index (χ1v) is 18.7. The number of fused-ring (bicyclic) bond motifs is 4. The topological polar surface area (TPSA) is 80.7 Å². The Morgan fingerprint density at radius 1 is 0.978 bits per heavy atom. The lowest BCUT2D eigenvalue weighted by atomic mass is 9.41. The van der Waals surface area contributed by atoms with Gasteiger partial charge in [-0.3, -0.25) is 14.4 Å². The minimum Gasteiger partial charge on any atom is -0.481 e. The Hall–Kier alpha value is -1.91. The van der Waals surface area contributed by atoms with Gasteiger partial charge in [0, 0.05) is 23.2 Å². The van der Waals surface area contributed by atoms with Crippen LogP contribution in [0.4, 0.5) is 0 Å². The lowest BCUT2D eigenvalue weighted by molar-refractivity contribution is -0.197. The molecule has 5 aliphatic carbocycles. The molecule has 0 aliphatic heterocycles. The minimum absolute atomic E-state index is 0.00294. The molecule has 8 unspecified atom stereocenters. The second kappa shape index (κ2) is 12.2. The van der Waals surface area contributed by atoms with Crippen molar-refractivity contribution in [2.24, 2.45) is 56.7 Å². The van der Waals surface area contributed by atoms with Crippen LogP contribution in [0.3, 0.4) is 0 Å². The molecule has 5 aliphatic rings. The zero-order chi connectivity index (χ0) is 34.0. The summed E-state index contributed by atoms with van der Waals surface area (Å²) in [5, 5.41) is 9.59. The third-order valence-corrected chi connectivity index (χ3v) is 14.6. The van der Waals surface area contributed by atoms with Crippen molar-refractivity contribution in [3.63, 3.8) is 0 Å². The third kappa shape index (κ3) is 5.86. The summed E-state index contributed by atoms with van der Waals surface area (Å²) in [4.78, 5) is 38.7. The number of ether oxygens (including phenoxy) is 1. The molecule has 258 valence electrons. The molecule has 5 nitrogen and oxygen atoms in total. The lowest BCUT2D eigenvalue weighted by Gasteiger charge is -2.64. The predicted molar refractivity (Wildman–Crippen MR) is 184 cm³/mol. The fourth-order valence-corrected chi connectivity index (χ4v) is 11.8. The van der Waals surface area contributed by atoms with Crippen LogP contribution in [0.25, 0.3) is 0 Å². The molecule has 1 N–H and O–H groups in total. The standard InChI is InChI=1S/C41H64O5/c1-11-26(4)41-20-12-19-39(9)21-17-30-38(7,8)32(46-33(43)24-37(5,6)36(44)45)18-22-40(30,10)31(39)16-15-28(27-13-14-27)35(41)34(25(2)3)29(42)23-41/h13,25-26,28,30-32H,11-12,14-24H2,1-10H3,(H,44,45). The van der Waals surface area contributed by atoms with Crippen LogP contribution in [0, 0.1) is 56.7 Å². The molecule has 3 saturated carbocycles. The van der Waals surface area contributed by atoms with E-state index in [1.54, 1.807) is 25.0 Å². The molecule has 5 heteroatoms. The number of carbonyl (C=O) groups excluding carboxylic acids is 2. The van der Waals surface area contributed by atoms with E-state index < -0.39 is 11.4 Å². The van der Waals surface area contributed by atoms with Crippen LogP contribution in [0.5, 0.6) is 0 Å². The Balaban J connectivity index is 1.47. The molecule has 0 aromatic heterocycles. The summed E-state index contributed by atoms with van der Waals surface area (Å²) in [5.74, 6) is 1.22. The number of aliphatic carboxylic acids is 1. The van der Waals surface area contributed by atoms with E-state index in [9.17, 15) is 19.5 Å². The Morgan fingerprint density at radius 3 is 2.24 bits per heavy atom. The smallest absolute Gasteiger partial charge is 0.309 e. The number of ketones is 1. The molecule has 0 radical (unpaired) electrons. The van der Waals surface area contributed by atoms with E-state index >= 15 is 0 Å². The molecule has 0 bridgehead atoms. The van der Waals surface area contributed by atoms with Crippen molar-refractivity contribution in [1.82, 2.24) is 0 Å². The van der Waals surface area contributed by atoms with Crippen LogP contribution in [-0.2, 0) is 19.1 Å². The van der Waals surface area contributed by atoms with Crippen molar-refractivity contribution >= 4 is 17.7 Å². The van der Waals surface area contributed by atoms with E-state index in [2.05, 4.69) is 61.5 Å². The molecule has 0 spiro atoms. The van der Waals surface area contributed by atoms with E-state index in [1.807, 2.05) is 0 Å². The quantitative estimate of drug-likeness (QED) is 0.212. The van der Waals surface area contributed by atoms with Gasteiger partial charge in [0.1, 0.15) is 6.10 Å². The fraction of sp³-hybridized carbons (Fsp3) is 0.829. The number of esters is 1. The van der Waals surface area contributed by atoms with E-state index in [-0.39, 0.29) is 46.1 Å². The fourth-order valence-electron chi connectivity index (χ4n) is 11.8. The maximum atomic E-state index is 13.9. The van der Waals surface area contributed by atoms with E-state index in [1.165, 1.54) is 31.3 Å². The largest absolute Gasteiger partial charge is 0.481 e.